The molecule has 0 spiro atoms. The minimum Gasteiger partial charge on any atom is -0.307 e. The number of hydrogen-bond donors (Lipinski definition) is 0. The van der Waals surface area contributed by atoms with Crippen LogP contribution in [0.15, 0.2) is 83.8 Å². The third-order valence-electron chi connectivity index (χ3n) is 5.41. The number of para-hydroxylation sites is 2. The largest absolute Gasteiger partial charge is 0.307 e. The van der Waals surface area contributed by atoms with Crippen molar-refractivity contribution in [1.29, 1.82) is 0 Å². The molecule has 0 N–H and O–H groups in total. The first-order valence-corrected chi connectivity index (χ1v) is 11.4. The molecule has 1 unspecified atom stereocenters. The van der Waals surface area contributed by atoms with Crippen LogP contribution >= 0.6 is 0 Å². The molecule has 0 fully saturated rings. The van der Waals surface area contributed by atoms with E-state index in [1.807, 2.05) is 44.2 Å². The van der Waals surface area contributed by atoms with Crippen LogP contribution in [0.5, 0.6) is 0 Å². The summed E-state index contributed by atoms with van der Waals surface area (Å²) in [5.74, 6) is -0.244. The van der Waals surface area contributed by atoms with Gasteiger partial charge < -0.3 is 4.90 Å². The number of benzene rings is 3. The van der Waals surface area contributed by atoms with Gasteiger partial charge in [-0.25, -0.2) is 8.42 Å². The van der Waals surface area contributed by atoms with E-state index in [1.54, 1.807) is 53.4 Å². The molecule has 3 aromatic rings. The molecule has 0 radical (unpaired) electrons. The number of amides is 1. The lowest BCUT2D eigenvalue weighted by molar-refractivity contribution is -0.117. The lowest BCUT2D eigenvalue weighted by atomic mass is 10.1. The Balaban J connectivity index is 1.71. The van der Waals surface area contributed by atoms with Gasteiger partial charge in [0.25, 0.3) is 10.0 Å². The number of anilines is 2. The molecule has 1 atom stereocenters. The van der Waals surface area contributed by atoms with Gasteiger partial charge in [-0.15, -0.1) is 0 Å². The maximum absolute atomic E-state index is 13.5. The molecule has 0 aromatic heterocycles. The fourth-order valence-electron chi connectivity index (χ4n) is 3.89. The molecule has 6 heteroatoms. The molecule has 5 nitrogen and oxygen atoms in total. The normalized spacial score (nSPS) is 15.7. The number of carbonyl (C=O) groups is 1. The minimum atomic E-state index is -3.90. The molecular formula is C24H24N2O3S. The van der Waals surface area contributed by atoms with E-state index < -0.39 is 10.0 Å². The quantitative estimate of drug-likeness (QED) is 0.623. The summed E-state index contributed by atoms with van der Waals surface area (Å²) in [6.45, 7) is 3.62. The Hall–Kier alpha value is -3.12. The molecule has 1 aliphatic heterocycles. The smallest absolute Gasteiger partial charge is 0.264 e. The zero-order valence-corrected chi connectivity index (χ0v) is 17.8. The van der Waals surface area contributed by atoms with E-state index >= 15 is 0 Å². The molecule has 0 saturated carbocycles. The Morgan fingerprint density at radius 3 is 2.30 bits per heavy atom. The van der Waals surface area contributed by atoms with Crippen LogP contribution in [0.3, 0.4) is 0 Å². The van der Waals surface area contributed by atoms with Crippen LogP contribution in [-0.4, -0.2) is 26.9 Å². The van der Waals surface area contributed by atoms with Gasteiger partial charge in [0.15, 0.2) is 0 Å². The number of carbonyl (C=O) groups excluding carboxylic acids is 1. The van der Waals surface area contributed by atoms with E-state index in [9.17, 15) is 13.2 Å². The predicted octanol–water partition coefficient (Wildman–Crippen LogP) is 4.17. The van der Waals surface area contributed by atoms with E-state index in [4.69, 9.17) is 0 Å². The van der Waals surface area contributed by atoms with Crippen molar-refractivity contribution < 1.29 is 13.2 Å². The van der Waals surface area contributed by atoms with Gasteiger partial charge in [0, 0.05) is 11.7 Å². The van der Waals surface area contributed by atoms with Gasteiger partial charge in [0.05, 0.1) is 10.6 Å². The summed E-state index contributed by atoms with van der Waals surface area (Å²) in [7, 11) is -3.90. The first kappa shape index (κ1) is 20.2. The zero-order valence-electron chi connectivity index (χ0n) is 17.0. The van der Waals surface area contributed by atoms with Gasteiger partial charge in [0.1, 0.15) is 6.54 Å². The molecular weight excluding hydrogens is 396 g/mol. The van der Waals surface area contributed by atoms with Gasteiger partial charge in [-0.1, -0.05) is 54.1 Å². The summed E-state index contributed by atoms with van der Waals surface area (Å²) < 4.78 is 28.2. The monoisotopic (exact) mass is 420 g/mol. The van der Waals surface area contributed by atoms with Gasteiger partial charge in [0.2, 0.25) is 5.91 Å². The maximum Gasteiger partial charge on any atom is 0.264 e. The van der Waals surface area contributed by atoms with Crippen molar-refractivity contribution in [2.75, 3.05) is 15.7 Å². The van der Waals surface area contributed by atoms with Crippen LogP contribution in [0.1, 0.15) is 18.1 Å². The van der Waals surface area contributed by atoms with Crippen molar-refractivity contribution in [2.24, 2.45) is 0 Å². The molecule has 3 aromatic carbocycles. The van der Waals surface area contributed by atoms with Crippen LogP contribution in [-0.2, 0) is 21.2 Å². The van der Waals surface area contributed by atoms with Crippen LogP contribution in [0.4, 0.5) is 11.4 Å². The second kappa shape index (κ2) is 7.95. The standard InChI is InChI=1S/C24H24N2O3S/c1-18-12-14-22(15-13-18)30(28,29)25(21-9-4-3-5-10-21)17-24(27)26-19(2)16-20-8-6-7-11-23(20)26/h3-15,19H,16-17H2,1-2H3. The minimum absolute atomic E-state index is 0.0189. The number of sulfonamides is 1. The van der Waals surface area contributed by atoms with E-state index in [2.05, 4.69) is 0 Å². The average Bonchev–Trinajstić information content (AvgIpc) is 3.08. The van der Waals surface area contributed by atoms with Crippen LogP contribution in [0, 0.1) is 6.92 Å². The Kier molecular flexibility index (Phi) is 5.35. The summed E-state index contributed by atoms with van der Waals surface area (Å²) in [6.07, 6.45) is 0.762. The Bertz CT molecular complexity index is 1160. The van der Waals surface area contributed by atoms with E-state index in [0.29, 0.717) is 5.69 Å². The SMILES string of the molecule is Cc1ccc(S(=O)(=O)N(CC(=O)N2c3ccccc3CC2C)c2ccccc2)cc1. The Labute approximate surface area is 177 Å². The molecule has 4 rings (SSSR count). The number of hydrogen-bond acceptors (Lipinski definition) is 3. The van der Waals surface area contributed by atoms with Crippen LogP contribution in [0.2, 0.25) is 0 Å². The number of aryl methyl sites for hydroxylation is 1. The van der Waals surface area contributed by atoms with Crippen molar-refractivity contribution in [1.82, 2.24) is 0 Å². The van der Waals surface area contributed by atoms with Gasteiger partial charge >= 0.3 is 0 Å². The number of rotatable bonds is 5. The Morgan fingerprint density at radius 2 is 1.60 bits per heavy atom. The van der Waals surface area contributed by atoms with Crippen molar-refractivity contribution in [3.8, 4) is 0 Å². The highest BCUT2D eigenvalue weighted by atomic mass is 32.2. The fourth-order valence-corrected chi connectivity index (χ4v) is 5.31. The highest BCUT2D eigenvalue weighted by molar-refractivity contribution is 7.92. The maximum atomic E-state index is 13.5. The molecule has 1 amide bonds. The van der Waals surface area contributed by atoms with Crippen LogP contribution in [0.25, 0.3) is 0 Å². The summed E-state index contributed by atoms with van der Waals surface area (Å²) in [5.41, 5.74) is 3.40. The van der Waals surface area contributed by atoms with Crippen LogP contribution < -0.4 is 9.21 Å². The third kappa shape index (κ3) is 3.71. The summed E-state index contributed by atoms with van der Waals surface area (Å²) in [5, 5.41) is 0. The highest BCUT2D eigenvalue weighted by Gasteiger charge is 2.34. The number of fused-ring (bicyclic) bond motifs is 1. The lowest BCUT2D eigenvalue weighted by Gasteiger charge is -2.29. The molecule has 154 valence electrons. The van der Waals surface area contributed by atoms with Crippen molar-refractivity contribution in [2.45, 2.75) is 31.2 Å². The fraction of sp³-hybridized carbons (Fsp3) is 0.208. The average molecular weight is 421 g/mol. The molecule has 1 aliphatic rings. The lowest BCUT2D eigenvalue weighted by Crippen LogP contribution is -2.45. The second-order valence-electron chi connectivity index (χ2n) is 7.61. The molecule has 0 saturated heterocycles. The first-order chi connectivity index (χ1) is 14.4. The number of nitrogens with zero attached hydrogens (tertiary/aromatic N) is 2. The summed E-state index contributed by atoms with van der Waals surface area (Å²) in [6, 6.07) is 23.2. The summed E-state index contributed by atoms with van der Waals surface area (Å²) >= 11 is 0. The highest BCUT2D eigenvalue weighted by Crippen LogP contribution is 2.33. The van der Waals surface area contributed by atoms with Gasteiger partial charge in [-0.3, -0.25) is 9.10 Å². The van der Waals surface area contributed by atoms with Crippen molar-refractivity contribution >= 4 is 27.3 Å². The third-order valence-corrected chi connectivity index (χ3v) is 7.20. The first-order valence-electron chi connectivity index (χ1n) is 9.92. The molecule has 0 aliphatic carbocycles. The van der Waals surface area contributed by atoms with Gasteiger partial charge in [-0.05, 0) is 56.2 Å². The van der Waals surface area contributed by atoms with Crippen molar-refractivity contribution in [3.63, 3.8) is 0 Å². The topological polar surface area (TPSA) is 57.7 Å². The Morgan fingerprint density at radius 1 is 0.967 bits per heavy atom. The predicted molar refractivity (Wildman–Crippen MR) is 119 cm³/mol. The molecule has 0 bridgehead atoms. The second-order valence-corrected chi connectivity index (χ2v) is 9.47. The van der Waals surface area contributed by atoms with E-state index in [0.717, 1.165) is 23.2 Å². The van der Waals surface area contributed by atoms with Crippen molar-refractivity contribution in [3.05, 3.63) is 90.0 Å². The summed E-state index contributed by atoms with van der Waals surface area (Å²) in [4.78, 5) is 15.2. The zero-order chi connectivity index (χ0) is 21.3. The molecule has 1 heterocycles. The van der Waals surface area contributed by atoms with E-state index in [-0.39, 0.29) is 23.4 Å². The molecule has 30 heavy (non-hydrogen) atoms. The van der Waals surface area contributed by atoms with Gasteiger partial charge in [-0.2, -0.15) is 0 Å². The van der Waals surface area contributed by atoms with E-state index in [1.165, 1.54) is 4.31 Å².